The number of rotatable bonds is 16. The van der Waals surface area contributed by atoms with Crippen molar-refractivity contribution in [3.63, 3.8) is 0 Å². The van der Waals surface area contributed by atoms with Crippen LogP contribution in [0.4, 0.5) is 5.69 Å². The van der Waals surface area contributed by atoms with Crippen molar-refractivity contribution >= 4 is 27.5 Å². The molecule has 0 saturated carbocycles. The third kappa shape index (κ3) is 8.41. The zero-order chi connectivity index (χ0) is 31.4. The molecule has 0 heterocycles. The summed E-state index contributed by atoms with van der Waals surface area (Å²) in [5, 5.41) is 2.93. The van der Waals surface area contributed by atoms with Crippen LogP contribution in [0.2, 0.25) is 0 Å². The number of hydrogen-bond donors (Lipinski definition) is 1. The summed E-state index contributed by atoms with van der Waals surface area (Å²) in [6.07, 6.45) is 2.03. The molecule has 0 unspecified atom stereocenters. The van der Waals surface area contributed by atoms with Gasteiger partial charge in [-0.05, 0) is 54.8 Å². The first kappa shape index (κ1) is 33.3. The molecular weight excluding hydrogens is 570 g/mol. The summed E-state index contributed by atoms with van der Waals surface area (Å²) in [5.41, 5.74) is 0.938. The fraction of sp³-hybridized carbons (Fsp3) is 0.375. The minimum absolute atomic E-state index is 0.0151. The molecule has 0 fully saturated rings. The zero-order valence-corrected chi connectivity index (χ0v) is 26.2. The van der Waals surface area contributed by atoms with E-state index in [9.17, 15) is 18.0 Å². The highest BCUT2D eigenvalue weighted by atomic mass is 32.2. The summed E-state index contributed by atoms with van der Waals surface area (Å²) >= 11 is 0. The summed E-state index contributed by atoms with van der Waals surface area (Å²) in [5.74, 6) is 0.467. The molecule has 3 aromatic rings. The average Bonchev–Trinajstić information content (AvgIpc) is 3.03. The van der Waals surface area contributed by atoms with Crippen molar-refractivity contribution in [1.29, 1.82) is 0 Å². The molecule has 10 nitrogen and oxygen atoms in total. The molecule has 0 radical (unpaired) electrons. The monoisotopic (exact) mass is 611 g/mol. The van der Waals surface area contributed by atoms with Crippen molar-refractivity contribution in [2.75, 3.05) is 38.7 Å². The van der Waals surface area contributed by atoms with Crippen LogP contribution in [0.15, 0.2) is 77.7 Å². The Hall–Kier alpha value is -4.25. The quantitative estimate of drug-likeness (QED) is 0.235. The Bertz CT molecular complexity index is 1460. The van der Waals surface area contributed by atoms with E-state index in [0.717, 1.165) is 22.7 Å². The molecule has 2 amide bonds. The van der Waals surface area contributed by atoms with Crippen LogP contribution < -0.4 is 23.8 Å². The van der Waals surface area contributed by atoms with Gasteiger partial charge < -0.3 is 24.4 Å². The van der Waals surface area contributed by atoms with E-state index in [0.29, 0.717) is 30.2 Å². The highest BCUT2D eigenvalue weighted by Crippen LogP contribution is 2.34. The second-order valence-electron chi connectivity index (χ2n) is 9.81. The van der Waals surface area contributed by atoms with Gasteiger partial charge >= 0.3 is 0 Å². The molecule has 0 bridgehead atoms. The molecule has 43 heavy (non-hydrogen) atoms. The fourth-order valence-corrected chi connectivity index (χ4v) is 6.05. The first-order valence-electron chi connectivity index (χ1n) is 14.2. The molecule has 0 saturated heterocycles. The topological polar surface area (TPSA) is 114 Å². The maximum Gasteiger partial charge on any atom is 0.264 e. The Balaban J connectivity index is 2.09. The van der Waals surface area contributed by atoms with Crippen molar-refractivity contribution in [2.45, 2.75) is 50.6 Å². The normalized spacial score (nSPS) is 11.7. The molecule has 1 N–H and O–H groups in total. The predicted octanol–water partition coefficient (Wildman–Crippen LogP) is 4.63. The molecule has 1 atom stereocenters. The van der Waals surface area contributed by atoms with Crippen LogP contribution in [0.5, 0.6) is 17.2 Å². The van der Waals surface area contributed by atoms with Crippen molar-refractivity contribution < 1.29 is 32.2 Å². The lowest BCUT2D eigenvalue weighted by atomic mass is 10.1. The lowest BCUT2D eigenvalue weighted by molar-refractivity contribution is -0.140. The van der Waals surface area contributed by atoms with Gasteiger partial charge in [-0.3, -0.25) is 13.9 Å². The third-order valence-electron chi connectivity index (χ3n) is 6.97. The van der Waals surface area contributed by atoms with Crippen LogP contribution in [0.25, 0.3) is 0 Å². The first-order valence-corrected chi connectivity index (χ1v) is 15.6. The second-order valence-corrected chi connectivity index (χ2v) is 11.7. The van der Waals surface area contributed by atoms with E-state index in [-0.39, 0.29) is 23.0 Å². The van der Waals surface area contributed by atoms with E-state index in [1.165, 1.54) is 37.3 Å². The van der Waals surface area contributed by atoms with Gasteiger partial charge in [0.2, 0.25) is 11.8 Å². The predicted molar refractivity (Wildman–Crippen MR) is 166 cm³/mol. The molecule has 0 spiro atoms. The number of carbonyl (C=O) groups is 2. The minimum Gasteiger partial charge on any atom is -0.497 e. The number of nitrogens with zero attached hydrogens (tertiary/aromatic N) is 2. The van der Waals surface area contributed by atoms with E-state index in [4.69, 9.17) is 14.2 Å². The van der Waals surface area contributed by atoms with Crippen molar-refractivity contribution in [2.24, 2.45) is 0 Å². The third-order valence-corrected chi connectivity index (χ3v) is 8.76. The summed E-state index contributed by atoms with van der Waals surface area (Å²) in [6, 6.07) is 18.9. The number of methoxy groups -OCH3 is 3. The van der Waals surface area contributed by atoms with E-state index < -0.39 is 28.5 Å². The largest absolute Gasteiger partial charge is 0.497 e. The Morgan fingerprint density at radius 1 is 0.860 bits per heavy atom. The van der Waals surface area contributed by atoms with Gasteiger partial charge in [-0.1, -0.05) is 50.6 Å². The fourth-order valence-electron chi connectivity index (χ4n) is 4.62. The highest BCUT2D eigenvalue weighted by molar-refractivity contribution is 7.92. The summed E-state index contributed by atoms with van der Waals surface area (Å²) in [4.78, 5) is 29.0. The van der Waals surface area contributed by atoms with Gasteiger partial charge in [0.15, 0.2) is 11.5 Å². The lowest BCUT2D eigenvalue weighted by Gasteiger charge is -2.33. The summed E-state index contributed by atoms with van der Waals surface area (Å²) in [7, 11) is 0.262. The molecule has 3 rings (SSSR count). The van der Waals surface area contributed by atoms with Gasteiger partial charge in [0.25, 0.3) is 10.0 Å². The number of ether oxygens (including phenoxy) is 3. The standard InChI is InChI=1S/C32H41N3O7S/c1-6-8-19-33-32(37)28(7-2)34(22-24-13-12-14-26(20-24)40-3)31(36)23-35(43(38,39)27-15-10-9-11-16-27)25-17-18-29(41-4)30(21-25)42-5/h9-18,20-21,28H,6-8,19,22-23H2,1-5H3,(H,33,37)/t28-/m0/s1. The number of carbonyl (C=O) groups excluding carboxylic acids is 2. The molecule has 3 aromatic carbocycles. The van der Waals surface area contributed by atoms with Crippen LogP contribution in [-0.4, -0.2) is 65.6 Å². The number of amides is 2. The molecular formula is C32H41N3O7S. The van der Waals surface area contributed by atoms with E-state index >= 15 is 0 Å². The van der Waals surface area contributed by atoms with E-state index in [2.05, 4.69) is 5.32 Å². The van der Waals surface area contributed by atoms with Crippen LogP contribution in [0.1, 0.15) is 38.7 Å². The van der Waals surface area contributed by atoms with Crippen LogP contribution in [0.3, 0.4) is 0 Å². The number of benzene rings is 3. The maximum absolute atomic E-state index is 14.2. The van der Waals surface area contributed by atoms with Gasteiger partial charge in [0.1, 0.15) is 18.3 Å². The van der Waals surface area contributed by atoms with Gasteiger partial charge in [-0.2, -0.15) is 0 Å². The average molecular weight is 612 g/mol. The minimum atomic E-state index is -4.21. The van der Waals surface area contributed by atoms with Gasteiger partial charge in [-0.15, -0.1) is 0 Å². The molecule has 11 heteroatoms. The molecule has 232 valence electrons. The molecule has 0 aliphatic heterocycles. The van der Waals surface area contributed by atoms with Crippen molar-refractivity contribution in [1.82, 2.24) is 10.2 Å². The number of unbranched alkanes of at least 4 members (excludes halogenated alkanes) is 1. The van der Waals surface area contributed by atoms with Crippen LogP contribution in [-0.2, 0) is 26.2 Å². The smallest absolute Gasteiger partial charge is 0.264 e. The van der Waals surface area contributed by atoms with Crippen LogP contribution >= 0.6 is 0 Å². The van der Waals surface area contributed by atoms with Gasteiger partial charge in [0, 0.05) is 19.2 Å². The number of sulfonamides is 1. The van der Waals surface area contributed by atoms with E-state index in [1.807, 2.05) is 19.9 Å². The first-order chi connectivity index (χ1) is 20.7. The molecule has 0 aliphatic carbocycles. The zero-order valence-electron chi connectivity index (χ0n) is 25.4. The Labute approximate surface area is 254 Å². The number of hydrogen-bond acceptors (Lipinski definition) is 7. The number of anilines is 1. The maximum atomic E-state index is 14.2. The molecule has 0 aliphatic rings. The molecule has 0 aromatic heterocycles. The SMILES string of the molecule is CCCCNC(=O)[C@H](CC)N(Cc1cccc(OC)c1)C(=O)CN(c1ccc(OC)c(OC)c1)S(=O)(=O)c1ccccc1. The Kier molecular flexibility index (Phi) is 12.2. The lowest BCUT2D eigenvalue weighted by Crippen LogP contribution is -2.52. The van der Waals surface area contributed by atoms with Crippen molar-refractivity contribution in [3.05, 3.63) is 78.4 Å². The van der Waals surface area contributed by atoms with Gasteiger partial charge in [0.05, 0.1) is 31.9 Å². The summed E-state index contributed by atoms with van der Waals surface area (Å²) in [6.45, 7) is 3.84. The van der Waals surface area contributed by atoms with E-state index in [1.54, 1.807) is 55.6 Å². The summed E-state index contributed by atoms with van der Waals surface area (Å²) < 4.78 is 45.2. The van der Waals surface area contributed by atoms with Crippen LogP contribution in [0, 0.1) is 0 Å². The van der Waals surface area contributed by atoms with Gasteiger partial charge in [-0.25, -0.2) is 8.42 Å². The number of nitrogens with one attached hydrogen (secondary N) is 1. The van der Waals surface area contributed by atoms with Crippen molar-refractivity contribution in [3.8, 4) is 17.2 Å². The highest BCUT2D eigenvalue weighted by Gasteiger charge is 2.34. The Morgan fingerprint density at radius 3 is 2.21 bits per heavy atom. The Morgan fingerprint density at radius 2 is 1.58 bits per heavy atom. The second kappa shape index (κ2) is 15.8.